The van der Waals surface area contributed by atoms with Crippen molar-refractivity contribution in [2.75, 3.05) is 49.2 Å². The van der Waals surface area contributed by atoms with Gasteiger partial charge in [0.05, 0.1) is 13.2 Å². The highest BCUT2D eigenvalue weighted by atomic mass is 16.5. The molecule has 0 radical (unpaired) electrons. The molecule has 4 aliphatic rings. The number of nitrogens with zero attached hydrogens (tertiary/aromatic N) is 2. The van der Waals surface area contributed by atoms with Crippen LogP contribution in [-0.4, -0.2) is 51.5 Å². The van der Waals surface area contributed by atoms with Crippen molar-refractivity contribution in [1.82, 2.24) is 0 Å². The van der Waals surface area contributed by atoms with E-state index in [-0.39, 0.29) is 12.1 Å². The van der Waals surface area contributed by atoms with Crippen molar-refractivity contribution in [3.05, 3.63) is 46.5 Å². The summed E-state index contributed by atoms with van der Waals surface area (Å²) in [5.74, 6) is 3.48. The molecule has 0 spiro atoms. The molecule has 6 rings (SSSR count). The zero-order valence-electron chi connectivity index (χ0n) is 22.6. The minimum atomic E-state index is 0.214. The van der Waals surface area contributed by atoms with E-state index < -0.39 is 0 Å². The topological polar surface area (TPSA) is 77.0 Å². The largest absolute Gasteiger partial charge is 0.493 e. The van der Waals surface area contributed by atoms with Crippen molar-refractivity contribution < 1.29 is 9.47 Å². The number of benzene rings is 2. The van der Waals surface area contributed by atoms with Gasteiger partial charge in [-0.25, -0.2) is 0 Å². The van der Waals surface area contributed by atoms with Crippen LogP contribution in [0.2, 0.25) is 0 Å². The predicted octanol–water partition coefficient (Wildman–Crippen LogP) is 4.56. The number of hydrogen-bond acceptors (Lipinski definition) is 6. The molecule has 2 aromatic rings. The fourth-order valence-electron chi connectivity index (χ4n) is 6.59. The van der Waals surface area contributed by atoms with Gasteiger partial charge in [-0.2, -0.15) is 0 Å². The molecule has 6 nitrogen and oxygen atoms in total. The molecule has 4 heterocycles. The summed E-state index contributed by atoms with van der Waals surface area (Å²) in [7, 11) is 0. The summed E-state index contributed by atoms with van der Waals surface area (Å²) in [6, 6.07) is 9.25. The molecular formula is C30H44N4O2. The van der Waals surface area contributed by atoms with Gasteiger partial charge in [0.2, 0.25) is 0 Å². The first-order chi connectivity index (χ1) is 17.4. The van der Waals surface area contributed by atoms with Gasteiger partial charge in [0.15, 0.2) is 0 Å². The zero-order chi connectivity index (χ0) is 25.4. The molecule has 0 aromatic heterocycles. The lowest BCUT2D eigenvalue weighted by Gasteiger charge is -2.23. The Balaban J connectivity index is 0.000000148. The summed E-state index contributed by atoms with van der Waals surface area (Å²) in [5.41, 5.74) is 20.6. The first-order valence-corrected chi connectivity index (χ1v) is 14.0. The second-order valence-electron chi connectivity index (χ2n) is 11.1. The summed E-state index contributed by atoms with van der Waals surface area (Å²) in [5, 5.41) is 0. The van der Waals surface area contributed by atoms with Crippen LogP contribution in [0.1, 0.15) is 74.6 Å². The summed E-state index contributed by atoms with van der Waals surface area (Å²) in [6.45, 7) is 14.5. The molecule has 2 aromatic carbocycles. The zero-order valence-corrected chi connectivity index (χ0v) is 22.6. The molecule has 0 amide bonds. The fraction of sp³-hybridized carbons (Fsp3) is 0.600. The van der Waals surface area contributed by atoms with Gasteiger partial charge in [-0.1, -0.05) is 26.0 Å². The molecule has 0 saturated heterocycles. The first-order valence-electron chi connectivity index (χ1n) is 14.0. The third-order valence-electron chi connectivity index (χ3n) is 8.16. The Bertz CT molecular complexity index is 998. The number of hydrogen-bond donors (Lipinski definition) is 2. The van der Waals surface area contributed by atoms with Crippen LogP contribution in [0.3, 0.4) is 0 Å². The molecule has 4 atom stereocenters. The second kappa shape index (κ2) is 10.5. The molecule has 0 saturated carbocycles. The van der Waals surface area contributed by atoms with Crippen LogP contribution >= 0.6 is 0 Å². The minimum absolute atomic E-state index is 0.214. The molecule has 6 heteroatoms. The Hall–Kier alpha value is -2.44. The van der Waals surface area contributed by atoms with Gasteiger partial charge in [0.25, 0.3) is 0 Å². The number of ether oxygens (including phenoxy) is 2. The Morgan fingerprint density at radius 1 is 0.750 bits per heavy atom. The van der Waals surface area contributed by atoms with Gasteiger partial charge in [0.1, 0.15) is 11.5 Å². The van der Waals surface area contributed by atoms with Crippen molar-refractivity contribution in [1.29, 1.82) is 0 Å². The van der Waals surface area contributed by atoms with Crippen molar-refractivity contribution in [2.45, 2.75) is 77.3 Å². The maximum absolute atomic E-state index is 5.99. The number of rotatable bonds is 6. The Morgan fingerprint density at radius 3 is 1.53 bits per heavy atom. The van der Waals surface area contributed by atoms with E-state index in [1.54, 1.807) is 0 Å². The molecule has 0 aliphatic carbocycles. The van der Waals surface area contributed by atoms with Gasteiger partial charge in [-0.05, 0) is 49.9 Å². The van der Waals surface area contributed by atoms with Crippen molar-refractivity contribution in [2.24, 2.45) is 11.5 Å². The van der Waals surface area contributed by atoms with E-state index in [1.165, 1.54) is 46.5 Å². The molecule has 0 fully saturated rings. The van der Waals surface area contributed by atoms with Gasteiger partial charge < -0.3 is 30.7 Å². The smallest absolute Gasteiger partial charge is 0.124 e. The predicted molar refractivity (Wildman–Crippen MR) is 149 cm³/mol. The summed E-state index contributed by atoms with van der Waals surface area (Å²) < 4.78 is 11.4. The van der Waals surface area contributed by atoms with E-state index in [2.05, 4.69) is 61.8 Å². The van der Waals surface area contributed by atoms with E-state index >= 15 is 0 Å². The van der Waals surface area contributed by atoms with E-state index in [0.717, 1.165) is 63.7 Å². The SMILES string of the molecule is CC[C@@H]1CN(C[C@H](C)N)c2c1ccc1c2CCO1.CC[C@H]1CN(C[C@H](C)N)c2c1ccc1c2CCO1. The number of nitrogens with two attached hydrogens (primary N) is 2. The van der Waals surface area contributed by atoms with Crippen molar-refractivity contribution in [3.63, 3.8) is 0 Å². The van der Waals surface area contributed by atoms with Crippen LogP contribution in [0.4, 0.5) is 11.4 Å². The van der Waals surface area contributed by atoms with Gasteiger partial charge >= 0.3 is 0 Å². The summed E-state index contributed by atoms with van der Waals surface area (Å²) in [4.78, 5) is 4.95. The van der Waals surface area contributed by atoms with Crippen LogP contribution in [0.25, 0.3) is 0 Å². The monoisotopic (exact) mass is 492 g/mol. The molecule has 4 aliphatic heterocycles. The molecule has 196 valence electrons. The third kappa shape index (κ3) is 4.66. The number of fused-ring (bicyclic) bond motifs is 6. The lowest BCUT2D eigenvalue weighted by Crippen LogP contribution is -2.35. The van der Waals surface area contributed by atoms with Gasteiger partial charge in [0, 0.05) is 85.4 Å². The minimum Gasteiger partial charge on any atom is -0.493 e. The van der Waals surface area contributed by atoms with E-state index in [9.17, 15) is 0 Å². The Kier molecular flexibility index (Phi) is 7.36. The first kappa shape index (κ1) is 25.2. The molecule has 0 bridgehead atoms. The van der Waals surface area contributed by atoms with Gasteiger partial charge in [-0.15, -0.1) is 0 Å². The summed E-state index contributed by atoms with van der Waals surface area (Å²) >= 11 is 0. The number of anilines is 2. The van der Waals surface area contributed by atoms with Crippen LogP contribution in [0.15, 0.2) is 24.3 Å². The molecule has 4 N–H and O–H groups in total. The lowest BCUT2D eigenvalue weighted by molar-refractivity contribution is 0.356. The highest BCUT2D eigenvalue weighted by Gasteiger charge is 2.34. The molecule has 0 unspecified atom stereocenters. The van der Waals surface area contributed by atoms with Crippen LogP contribution in [-0.2, 0) is 12.8 Å². The van der Waals surface area contributed by atoms with E-state index in [1.807, 2.05) is 0 Å². The average molecular weight is 493 g/mol. The molecule has 36 heavy (non-hydrogen) atoms. The standard InChI is InChI=1S/2C15H22N2O/c2*1-3-11-9-17(8-10(2)16)15-12(11)4-5-14-13(15)6-7-18-14/h2*4-5,10-11H,3,6-9,16H2,1-2H3/t10-,11+;10-,11-/m00/s1. The second-order valence-corrected chi connectivity index (χ2v) is 11.1. The van der Waals surface area contributed by atoms with E-state index in [4.69, 9.17) is 20.9 Å². The maximum atomic E-state index is 5.99. The molecular weight excluding hydrogens is 448 g/mol. The van der Waals surface area contributed by atoms with Gasteiger partial charge in [-0.3, -0.25) is 0 Å². The lowest BCUT2D eigenvalue weighted by atomic mass is 9.96. The highest BCUT2D eigenvalue weighted by molar-refractivity contribution is 5.71. The summed E-state index contributed by atoms with van der Waals surface area (Å²) in [6.07, 6.45) is 4.49. The maximum Gasteiger partial charge on any atom is 0.124 e. The Labute approximate surface area is 216 Å². The highest BCUT2D eigenvalue weighted by Crippen LogP contribution is 2.46. The normalized spacial score (nSPS) is 22.6. The van der Waals surface area contributed by atoms with Crippen LogP contribution < -0.4 is 30.7 Å². The van der Waals surface area contributed by atoms with Crippen LogP contribution in [0, 0.1) is 0 Å². The van der Waals surface area contributed by atoms with Crippen molar-refractivity contribution >= 4 is 11.4 Å². The fourth-order valence-corrected chi connectivity index (χ4v) is 6.59. The third-order valence-corrected chi connectivity index (χ3v) is 8.16. The Morgan fingerprint density at radius 2 is 1.17 bits per heavy atom. The van der Waals surface area contributed by atoms with Crippen LogP contribution in [0.5, 0.6) is 11.5 Å². The van der Waals surface area contributed by atoms with E-state index in [0.29, 0.717) is 11.8 Å². The quantitative estimate of drug-likeness (QED) is 0.615. The van der Waals surface area contributed by atoms with Crippen molar-refractivity contribution in [3.8, 4) is 11.5 Å². The average Bonchev–Trinajstić information content (AvgIpc) is 3.62.